The van der Waals surface area contributed by atoms with Crippen molar-refractivity contribution in [1.29, 1.82) is 0 Å². The van der Waals surface area contributed by atoms with Crippen molar-refractivity contribution in [3.63, 3.8) is 0 Å². The van der Waals surface area contributed by atoms with Gasteiger partial charge in [0, 0.05) is 25.3 Å². The topological polar surface area (TPSA) is 65.5 Å². The highest BCUT2D eigenvalue weighted by molar-refractivity contribution is 5.92. The first kappa shape index (κ1) is 17.4. The molecule has 0 aliphatic carbocycles. The molecule has 0 unspecified atom stereocenters. The standard InChI is InChI=1S/C19H22FN3O2/c1-13-3-2-4-17(22-13)19(25)21-12-14-5-6-18(16(20)11-14)23-9-7-15(24)8-10-23/h2-6,11,15,24H,7-10,12H2,1H3,(H,21,25). The number of aromatic nitrogens is 1. The minimum Gasteiger partial charge on any atom is -0.393 e. The Bertz CT molecular complexity index is 758. The molecular weight excluding hydrogens is 321 g/mol. The summed E-state index contributed by atoms with van der Waals surface area (Å²) in [5.41, 5.74) is 2.36. The third-order valence-electron chi connectivity index (χ3n) is 4.39. The summed E-state index contributed by atoms with van der Waals surface area (Å²) in [6.07, 6.45) is 1.02. The first-order chi connectivity index (χ1) is 12.0. The van der Waals surface area contributed by atoms with E-state index in [1.165, 1.54) is 6.07 Å². The van der Waals surface area contributed by atoms with Crippen LogP contribution in [0.2, 0.25) is 0 Å². The monoisotopic (exact) mass is 343 g/mol. The van der Waals surface area contributed by atoms with Gasteiger partial charge in [-0.3, -0.25) is 4.79 Å². The Kier molecular flexibility index (Phi) is 5.28. The van der Waals surface area contributed by atoms with Crippen LogP contribution in [0.25, 0.3) is 0 Å². The summed E-state index contributed by atoms with van der Waals surface area (Å²) in [7, 11) is 0. The van der Waals surface area contributed by atoms with E-state index in [9.17, 15) is 14.3 Å². The number of benzene rings is 1. The molecule has 0 radical (unpaired) electrons. The van der Waals surface area contributed by atoms with E-state index in [-0.39, 0.29) is 24.4 Å². The largest absolute Gasteiger partial charge is 0.393 e. The molecule has 0 spiro atoms. The third kappa shape index (κ3) is 4.33. The molecule has 0 saturated carbocycles. The second-order valence-electron chi connectivity index (χ2n) is 6.35. The summed E-state index contributed by atoms with van der Waals surface area (Å²) in [6.45, 7) is 3.36. The molecule has 2 N–H and O–H groups in total. The zero-order valence-electron chi connectivity index (χ0n) is 14.2. The number of carbonyl (C=O) groups is 1. The van der Waals surface area contributed by atoms with Crippen LogP contribution in [0.3, 0.4) is 0 Å². The number of aliphatic hydroxyl groups is 1. The lowest BCUT2D eigenvalue weighted by Gasteiger charge is -2.31. The summed E-state index contributed by atoms with van der Waals surface area (Å²) in [5.74, 6) is -0.588. The van der Waals surface area contributed by atoms with Gasteiger partial charge in [0.15, 0.2) is 0 Å². The summed E-state index contributed by atoms with van der Waals surface area (Å²) >= 11 is 0. The first-order valence-electron chi connectivity index (χ1n) is 8.46. The van der Waals surface area contributed by atoms with Crippen molar-refractivity contribution in [3.8, 4) is 0 Å². The maximum absolute atomic E-state index is 14.4. The lowest BCUT2D eigenvalue weighted by Crippen LogP contribution is -2.36. The van der Waals surface area contributed by atoms with E-state index < -0.39 is 0 Å². The van der Waals surface area contributed by atoms with Gasteiger partial charge in [0.1, 0.15) is 11.5 Å². The summed E-state index contributed by atoms with van der Waals surface area (Å²) in [4.78, 5) is 18.2. The second kappa shape index (κ2) is 7.61. The number of pyridine rings is 1. The Hall–Kier alpha value is -2.47. The Labute approximate surface area is 146 Å². The molecular formula is C19H22FN3O2. The SMILES string of the molecule is Cc1cccc(C(=O)NCc2ccc(N3CCC(O)CC3)c(F)c2)n1. The van der Waals surface area contributed by atoms with Crippen LogP contribution >= 0.6 is 0 Å². The molecule has 25 heavy (non-hydrogen) atoms. The van der Waals surface area contributed by atoms with Crippen molar-refractivity contribution >= 4 is 11.6 Å². The Morgan fingerprint density at radius 2 is 2.08 bits per heavy atom. The summed E-state index contributed by atoms with van der Waals surface area (Å²) in [5, 5.41) is 12.3. The van der Waals surface area contributed by atoms with Gasteiger partial charge >= 0.3 is 0 Å². The fraction of sp³-hybridized carbons (Fsp3) is 0.368. The average Bonchev–Trinajstić information content (AvgIpc) is 2.61. The Morgan fingerprint density at radius 1 is 1.32 bits per heavy atom. The van der Waals surface area contributed by atoms with Gasteiger partial charge in [0.2, 0.25) is 0 Å². The number of halogens is 1. The number of nitrogens with one attached hydrogen (secondary N) is 1. The van der Waals surface area contributed by atoms with Gasteiger partial charge in [-0.15, -0.1) is 0 Å². The molecule has 6 heteroatoms. The normalized spacial score (nSPS) is 15.2. The van der Waals surface area contributed by atoms with Crippen LogP contribution in [0.4, 0.5) is 10.1 Å². The van der Waals surface area contributed by atoms with Crippen molar-refractivity contribution in [2.24, 2.45) is 0 Å². The van der Waals surface area contributed by atoms with Gasteiger partial charge in [-0.1, -0.05) is 12.1 Å². The molecule has 1 fully saturated rings. The average molecular weight is 343 g/mol. The third-order valence-corrected chi connectivity index (χ3v) is 4.39. The minimum absolute atomic E-state index is 0.240. The van der Waals surface area contributed by atoms with Crippen LogP contribution in [0.5, 0.6) is 0 Å². The molecule has 1 aliphatic heterocycles. The number of rotatable bonds is 4. The molecule has 0 atom stereocenters. The maximum Gasteiger partial charge on any atom is 0.270 e. The first-order valence-corrected chi connectivity index (χ1v) is 8.46. The number of nitrogens with zero attached hydrogens (tertiary/aromatic N) is 2. The molecule has 1 aromatic heterocycles. The Balaban J connectivity index is 1.62. The van der Waals surface area contributed by atoms with Crippen molar-refractivity contribution < 1.29 is 14.3 Å². The minimum atomic E-state index is -0.309. The van der Waals surface area contributed by atoms with Crippen molar-refractivity contribution in [2.45, 2.75) is 32.4 Å². The van der Waals surface area contributed by atoms with Crippen LogP contribution in [0, 0.1) is 12.7 Å². The zero-order chi connectivity index (χ0) is 17.8. The fourth-order valence-corrected chi connectivity index (χ4v) is 2.97. The number of hydrogen-bond acceptors (Lipinski definition) is 4. The molecule has 5 nitrogen and oxygen atoms in total. The van der Waals surface area contributed by atoms with Crippen molar-refractivity contribution in [3.05, 3.63) is 59.2 Å². The van der Waals surface area contributed by atoms with Gasteiger partial charge in [-0.25, -0.2) is 9.37 Å². The van der Waals surface area contributed by atoms with Crippen LogP contribution in [0.1, 0.15) is 34.6 Å². The van der Waals surface area contributed by atoms with Crippen LogP contribution in [0.15, 0.2) is 36.4 Å². The number of amides is 1. The quantitative estimate of drug-likeness (QED) is 0.895. The van der Waals surface area contributed by atoms with Crippen molar-refractivity contribution in [1.82, 2.24) is 10.3 Å². The van der Waals surface area contributed by atoms with Gasteiger partial charge in [0.05, 0.1) is 11.8 Å². The summed E-state index contributed by atoms with van der Waals surface area (Å²) < 4.78 is 14.4. The number of piperidine rings is 1. The van der Waals surface area contributed by atoms with E-state index in [2.05, 4.69) is 10.3 Å². The zero-order valence-corrected chi connectivity index (χ0v) is 14.2. The smallest absolute Gasteiger partial charge is 0.270 e. The van der Waals surface area contributed by atoms with E-state index in [0.29, 0.717) is 42.9 Å². The molecule has 1 aliphatic rings. The van der Waals surface area contributed by atoms with E-state index in [1.54, 1.807) is 18.2 Å². The number of aliphatic hydroxyl groups excluding tert-OH is 1. The molecule has 1 saturated heterocycles. The van der Waals surface area contributed by atoms with Gasteiger partial charge in [-0.05, 0) is 49.6 Å². The molecule has 1 aromatic carbocycles. The van der Waals surface area contributed by atoms with E-state index in [1.807, 2.05) is 24.0 Å². The lowest BCUT2D eigenvalue weighted by molar-refractivity contribution is 0.0945. The second-order valence-corrected chi connectivity index (χ2v) is 6.35. The highest BCUT2D eigenvalue weighted by Crippen LogP contribution is 2.24. The predicted octanol–water partition coefficient (Wildman–Crippen LogP) is 2.42. The summed E-state index contributed by atoms with van der Waals surface area (Å²) in [6, 6.07) is 10.2. The van der Waals surface area contributed by atoms with Crippen molar-refractivity contribution in [2.75, 3.05) is 18.0 Å². The van der Waals surface area contributed by atoms with Gasteiger partial charge in [0.25, 0.3) is 5.91 Å². The van der Waals surface area contributed by atoms with E-state index in [0.717, 1.165) is 5.69 Å². The van der Waals surface area contributed by atoms with Crippen LogP contribution in [-0.4, -0.2) is 35.2 Å². The lowest BCUT2D eigenvalue weighted by atomic mass is 10.1. The van der Waals surface area contributed by atoms with Gasteiger partial charge < -0.3 is 15.3 Å². The highest BCUT2D eigenvalue weighted by atomic mass is 19.1. The number of aryl methyl sites for hydroxylation is 1. The molecule has 2 heterocycles. The molecule has 0 bridgehead atoms. The molecule has 3 rings (SSSR count). The predicted molar refractivity (Wildman–Crippen MR) is 94.0 cm³/mol. The highest BCUT2D eigenvalue weighted by Gasteiger charge is 2.19. The fourth-order valence-electron chi connectivity index (χ4n) is 2.97. The van der Waals surface area contributed by atoms with Crippen LogP contribution in [-0.2, 0) is 6.54 Å². The molecule has 2 aromatic rings. The number of carbonyl (C=O) groups excluding carboxylic acids is 1. The number of anilines is 1. The molecule has 132 valence electrons. The number of hydrogen-bond donors (Lipinski definition) is 2. The van der Waals surface area contributed by atoms with E-state index >= 15 is 0 Å². The van der Waals surface area contributed by atoms with Gasteiger partial charge in [-0.2, -0.15) is 0 Å². The van der Waals surface area contributed by atoms with Crippen LogP contribution < -0.4 is 10.2 Å². The molecule has 1 amide bonds. The van der Waals surface area contributed by atoms with E-state index in [4.69, 9.17) is 0 Å². The Morgan fingerprint density at radius 3 is 2.76 bits per heavy atom. The maximum atomic E-state index is 14.4.